The Labute approximate surface area is 117 Å². The fourth-order valence-electron chi connectivity index (χ4n) is 2.55. The molecule has 2 nitrogen and oxygen atoms in total. The summed E-state index contributed by atoms with van der Waals surface area (Å²) in [7, 11) is 1.79. The predicted octanol–water partition coefficient (Wildman–Crippen LogP) is 3.71. The molecule has 0 aromatic heterocycles. The van der Waals surface area contributed by atoms with E-state index in [0.717, 1.165) is 12.5 Å². The molecule has 106 valence electrons. The number of benzene rings is 1. The van der Waals surface area contributed by atoms with Crippen LogP contribution < -0.4 is 5.32 Å². The zero-order valence-electron chi connectivity index (χ0n) is 12.6. The molecule has 1 aromatic rings. The van der Waals surface area contributed by atoms with E-state index in [1.165, 1.54) is 24.0 Å². The van der Waals surface area contributed by atoms with Crippen LogP contribution in [0.4, 0.5) is 0 Å². The molecule has 1 N–H and O–H groups in total. The second-order valence-electron chi connectivity index (χ2n) is 6.20. The molecule has 19 heavy (non-hydrogen) atoms. The summed E-state index contributed by atoms with van der Waals surface area (Å²) in [6, 6.07) is 9.89. The highest BCUT2D eigenvalue weighted by Gasteiger charge is 2.34. The first-order chi connectivity index (χ1) is 9.11. The van der Waals surface area contributed by atoms with Crippen molar-refractivity contribution in [3.05, 3.63) is 35.4 Å². The highest BCUT2D eigenvalue weighted by molar-refractivity contribution is 5.25. The Bertz CT molecular complexity index is 381. The smallest absolute Gasteiger partial charge is 0.0618 e. The minimum absolute atomic E-state index is 0.428. The third-order valence-corrected chi connectivity index (χ3v) is 4.07. The van der Waals surface area contributed by atoms with Gasteiger partial charge in [0.1, 0.15) is 0 Å². The molecule has 0 spiro atoms. The molecule has 0 saturated heterocycles. The van der Waals surface area contributed by atoms with Crippen molar-refractivity contribution in [2.45, 2.75) is 45.7 Å². The van der Waals surface area contributed by atoms with Gasteiger partial charge in [-0.05, 0) is 37.2 Å². The van der Waals surface area contributed by atoms with Crippen LogP contribution in [0.2, 0.25) is 0 Å². The Morgan fingerprint density at radius 2 is 1.84 bits per heavy atom. The summed E-state index contributed by atoms with van der Waals surface area (Å²) in [5, 5.41) is 3.83. The molecule has 0 amide bonds. The minimum Gasteiger partial charge on any atom is -0.383 e. The molecular formula is C17H27NO. The average Bonchev–Trinajstić information content (AvgIpc) is 3.20. The van der Waals surface area contributed by atoms with Crippen LogP contribution in [-0.2, 0) is 4.74 Å². The molecule has 1 aliphatic rings. The third-order valence-electron chi connectivity index (χ3n) is 4.07. The van der Waals surface area contributed by atoms with Crippen molar-refractivity contribution in [1.29, 1.82) is 0 Å². The van der Waals surface area contributed by atoms with E-state index in [0.29, 0.717) is 18.0 Å². The van der Waals surface area contributed by atoms with E-state index in [9.17, 15) is 0 Å². The van der Waals surface area contributed by atoms with Crippen molar-refractivity contribution < 1.29 is 4.74 Å². The molecule has 2 heteroatoms. The fourth-order valence-corrected chi connectivity index (χ4v) is 2.55. The van der Waals surface area contributed by atoms with Gasteiger partial charge in [-0.3, -0.25) is 0 Å². The molecule has 2 atom stereocenters. The van der Waals surface area contributed by atoms with Gasteiger partial charge in [-0.25, -0.2) is 0 Å². The second kappa shape index (κ2) is 6.53. The molecule has 0 bridgehead atoms. The first-order valence-electron chi connectivity index (χ1n) is 7.43. The predicted molar refractivity (Wildman–Crippen MR) is 80.3 cm³/mol. The normalized spacial score (nSPS) is 18.6. The quantitative estimate of drug-likeness (QED) is 0.808. The van der Waals surface area contributed by atoms with Crippen LogP contribution in [-0.4, -0.2) is 19.8 Å². The van der Waals surface area contributed by atoms with E-state index >= 15 is 0 Å². The van der Waals surface area contributed by atoms with E-state index in [4.69, 9.17) is 4.74 Å². The van der Waals surface area contributed by atoms with Crippen molar-refractivity contribution in [3.8, 4) is 0 Å². The Hall–Kier alpha value is -0.860. The SMILES string of the molecule is COCC(NC(c1ccc(C)cc1)C1CC1)C(C)C. The number of hydrogen-bond donors (Lipinski definition) is 1. The van der Waals surface area contributed by atoms with E-state index in [1.807, 2.05) is 0 Å². The van der Waals surface area contributed by atoms with Crippen molar-refractivity contribution >= 4 is 0 Å². The van der Waals surface area contributed by atoms with Gasteiger partial charge in [0.2, 0.25) is 0 Å². The number of hydrogen-bond acceptors (Lipinski definition) is 2. The van der Waals surface area contributed by atoms with Gasteiger partial charge < -0.3 is 10.1 Å². The standard InChI is InChI=1S/C17H27NO/c1-12(2)16(11-19-4)18-17(15-9-10-15)14-7-5-13(3)6-8-14/h5-8,12,15-18H,9-11H2,1-4H3. The van der Waals surface area contributed by atoms with Gasteiger partial charge in [0.15, 0.2) is 0 Å². The van der Waals surface area contributed by atoms with Crippen LogP contribution in [0.1, 0.15) is 43.9 Å². The molecule has 1 aliphatic carbocycles. The van der Waals surface area contributed by atoms with Crippen LogP contribution in [0.3, 0.4) is 0 Å². The maximum Gasteiger partial charge on any atom is 0.0618 e. The van der Waals surface area contributed by atoms with Gasteiger partial charge in [-0.15, -0.1) is 0 Å². The third kappa shape index (κ3) is 4.05. The lowest BCUT2D eigenvalue weighted by Gasteiger charge is -2.28. The molecule has 2 rings (SSSR count). The maximum atomic E-state index is 5.36. The zero-order chi connectivity index (χ0) is 13.8. The van der Waals surface area contributed by atoms with Gasteiger partial charge in [0, 0.05) is 19.2 Å². The summed E-state index contributed by atoms with van der Waals surface area (Å²) >= 11 is 0. The molecule has 1 fully saturated rings. The van der Waals surface area contributed by atoms with Crippen molar-refractivity contribution in [2.24, 2.45) is 11.8 Å². The topological polar surface area (TPSA) is 21.3 Å². The van der Waals surface area contributed by atoms with E-state index in [2.05, 4.69) is 50.4 Å². The Morgan fingerprint density at radius 3 is 2.32 bits per heavy atom. The Morgan fingerprint density at radius 1 is 1.21 bits per heavy atom. The van der Waals surface area contributed by atoms with Crippen LogP contribution in [0.25, 0.3) is 0 Å². The van der Waals surface area contributed by atoms with E-state index < -0.39 is 0 Å². The van der Waals surface area contributed by atoms with Crippen LogP contribution in [0.5, 0.6) is 0 Å². The van der Waals surface area contributed by atoms with Gasteiger partial charge >= 0.3 is 0 Å². The summed E-state index contributed by atoms with van der Waals surface area (Å²) in [4.78, 5) is 0. The summed E-state index contributed by atoms with van der Waals surface area (Å²) in [6.45, 7) is 7.45. The lowest BCUT2D eigenvalue weighted by atomic mass is 9.97. The second-order valence-corrected chi connectivity index (χ2v) is 6.20. The first-order valence-corrected chi connectivity index (χ1v) is 7.43. The van der Waals surface area contributed by atoms with Crippen LogP contribution >= 0.6 is 0 Å². The zero-order valence-corrected chi connectivity index (χ0v) is 12.6. The van der Waals surface area contributed by atoms with Crippen LogP contribution in [0.15, 0.2) is 24.3 Å². The number of nitrogens with one attached hydrogen (secondary N) is 1. The number of rotatable bonds is 7. The summed E-state index contributed by atoms with van der Waals surface area (Å²) in [6.07, 6.45) is 2.70. The highest BCUT2D eigenvalue weighted by Crippen LogP contribution is 2.41. The van der Waals surface area contributed by atoms with Crippen molar-refractivity contribution in [3.63, 3.8) is 0 Å². The maximum absolute atomic E-state index is 5.36. The van der Waals surface area contributed by atoms with Gasteiger partial charge in [0.25, 0.3) is 0 Å². The highest BCUT2D eigenvalue weighted by atomic mass is 16.5. The largest absolute Gasteiger partial charge is 0.383 e. The first kappa shape index (κ1) is 14.5. The summed E-state index contributed by atoms with van der Waals surface area (Å²) in [5.41, 5.74) is 2.76. The fraction of sp³-hybridized carbons (Fsp3) is 0.647. The molecule has 0 aliphatic heterocycles. The number of methoxy groups -OCH3 is 1. The van der Waals surface area contributed by atoms with Crippen molar-refractivity contribution in [2.75, 3.05) is 13.7 Å². The molecule has 1 aromatic carbocycles. The van der Waals surface area contributed by atoms with Crippen LogP contribution in [0, 0.1) is 18.8 Å². The number of ether oxygens (including phenoxy) is 1. The molecule has 1 saturated carbocycles. The lowest BCUT2D eigenvalue weighted by Crippen LogP contribution is -2.40. The Kier molecular flexibility index (Phi) is 5.00. The van der Waals surface area contributed by atoms with E-state index in [1.54, 1.807) is 7.11 Å². The summed E-state index contributed by atoms with van der Waals surface area (Å²) < 4.78 is 5.36. The molecule has 2 unspecified atom stereocenters. The molecular weight excluding hydrogens is 234 g/mol. The van der Waals surface area contributed by atoms with Gasteiger partial charge in [-0.1, -0.05) is 43.7 Å². The number of aryl methyl sites for hydroxylation is 1. The van der Waals surface area contributed by atoms with Gasteiger partial charge in [0.05, 0.1) is 6.61 Å². The Balaban J connectivity index is 2.09. The monoisotopic (exact) mass is 261 g/mol. The molecule has 0 radical (unpaired) electrons. The minimum atomic E-state index is 0.428. The van der Waals surface area contributed by atoms with Crippen molar-refractivity contribution in [1.82, 2.24) is 5.32 Å². The van der Waals surface area contributed by atoms with Gasteiger partial charge in [-0.2, -0.15) is 0 Å². The molecule has 0 heterocycles. The summed E-state index contributed by atoms with van der Waals surface area (Å²) in [5.74, 6) is 1.40. The average molecular weight is 261 g/mol. The van der Waals surface area contributed by atoms with E-state index in [-0.39, 0.29) is 0 Å². The lowest BCUT2D eigenvalue weighted by molar-refractivity contribution is 0.138.